The molecular formula is C9H9F2NOS. The molecule has 0 unspecified atom stereocenters. The summed E-state index contributed by atoms with van der Waals surface area (Å²) in [5, 5.41) is 1.60. The van der Waals surface area contributed by atoms with E-state index in [-0.39, 0.29) is 0 Å². The fourth-order valence-corrected chi connectivity index (χ4v) is 1.73. The molecule has 0 N–H and O–H groups in total. The number of amides is 1. The molecule has 0 spiro atoms. The van der Waals surface area contributed by atoms with Crippen molar-refractivity contribution in [3.63, 3.8) is 0 Å². The Hall–Kier alpha value is -0.970. The Morgan fingerprint density at radius 2 is 2.36 bits per heavy atom. The van der Waals surface area contributed by atoms with Crippen molar-refractivity contribution in [2.24, 2.45) is 0 Å². The summed E-state index contributed by atoms with van der Waals surface area (Å²) in [5.74, 6) is -0.424. The molecule has 14 heavy (non-hydrogen) atoms. The van der Waals surface area contributed by atoms with Gasteiger partial charge in [0.2, 0.25) is 0 Å². The van der Waals surface area contributed by atoms with Gasteiger partial charge in [0, 0.05) is 7.05 Å². The highest BCUT2D eigenvalue weighted by atomic mass is 32.1. The van der Waals surface area contributed by atoms with E-state index in [1.807, 2.05) is 0 Å². The highest BCUT2D eigenvalue weighted by Gasteiger charge is 2.16. The van der Waals surface area contributed by atoms with Gasteiger partial charge in [0.1, 0.15) is 0 Å². The summed E-state index contributed by atoms with van der Waals surface area (Å²) in [6.07, 6.45) is -2.51. The molecule has 1 amide bonds. The third-order valence-corrected chi connectivity index (χ3v) is 2.53. The zero-order valence-corrected chi connectivity index (χ0v) is 8.35. The van der Waals surface area contributed by atoms with Crippen molar-refractivity contribution in [2.45, 2.75) is 6.43 Å². The quantitative estimate of drug-likeness (QED) is 0.759. The Balaban J connectivity index is 2.65. The second-order valence-electron chi connectivity index (χ2n) is 2.82. The van der Waals surface area contributed by atoms with Crippen molar-refractivity contribution in [1.82, 2.24) is 4.90 Å². The van der Waals surface area contributed by atoms with Crippen LogP contribution in [-0.4, -0.2) is 30.8 Å². The molecule has 0 aromatic carbocycles. The summed E-state index contributed by atoms with van der Waals surface area (Å²) in [6, 6.07) is 1.48. The van der Waals surface area contributed by atoms with Crippen LogP contribution in [0.2, 0.25) is 0 Å². The molecule has 1 aromatic heterocycles. The average molecular weight is 217 g/mol. The van der Waals surface area contributed by atoms with E-state index in [2.05, 4.69) is 0 Å². The molecule has 0 atom stereocenters. The standard InChI is InChI=1S/C9H9F2NOS/c1-6-3-7(14-5-6)9(13)12(2)4-8(10)11/h1,3,5,8H,4H2,2H3. The van der Waals surface area contributed by atoms with Crippen LogP contribution in [0.5, 0.6) is 0 Å². The van der Waals surface area contributed by atoms with E-state index in [4.69, 9.17) is 6.92 Å². The van der Waals surface area contributed by atoms with Gasteiger partial charge in [-0.15, -0.1) is 11.3 Å². The maximum Gasteiger partial charge on any atom is 0.263 e. The van der Waals surface area contributed by atoms with E-state index in [0.717, 1.165) is 16.2 Å². The summed E-state index contributed by atoms with van der Waals surface area (Å²) in [6.45, 7) is 4.85. The molecule has 5 heteroatoms. The molecule has 0 fully saturated rings. The van der Waals surface area contributed by atoms with Gasteiger partial charge < -0.3 is 4.90 Å². The van der Waals surface area contributed by atoms with Crippen LogP contribution in [-0.2, 0) is 0 Å². The number of rotatable bonds is 3. The SMILES string of the molecule is [CH]c1csc(C(=O)N(C)CC(F)F)c1. The van der Waals surface area contributed by atoms with Crippen molar-refractivity contribution in [3.05, 3.63) is 28.8 Å². The first-order valence-corrected chi connectivity index (χ1v) is 4.76. The first-order chi connectivity index (χ1) is 6.50. The topological polar surface area (TPSA) is 20.3 Å². The third-order valence-electron chi connectivity index (χ3n) is 1.59. The van der Waals surface area contributed by atoms with Gasteiger partial charge in [-0.25, -0.2) is 8.78 Å². The second-order valence-corrected chi connectivity index (χ2v) is 3.73. The molecule has 0 aliphatic carbocycles. The highest BCUT2D eigenvalue weighted by Crippen LogP contribution is 2.15. The van der Waals surface area contributed by atoms with Crippen molar-refractivity contribution >= 4 is 17.2 Å². The molecule has 1 aromatic rings. The smallest absolute Gasteiger partial charge is 0.263 e. The molecule has 0 saturated carbocycles. The fourth-order valence-electron chi connectivity index (χ4n) is 0.941. The summed E-state index contributed by atoms with van der Waals surface area (Å²) >= 11 is 1.15. The predicted molar refractivity (Wildman–Crippen MR) is 50.7 cm³/mol. The van der Waals surface area contributed by atoms with Crippen LogP contribution in [0.4, 0.5) is 8.78 Å². The molecule has 0 aliphatic heterocycles. The maximum absolute atomic E-state index is 12.0. The summed E-state index contributed by atoms with van der Waals surface area (Å²) < 4.78 is 23.9. The van der Waals surface area contributed by atoms with Crippen LogP contribution in [0.3, 0.4) is 0 Å². The van der Waals surface area contributed by atoms with Gasteiger partial charge in [0.05, 0.1) is 11.4 Å². The van der Waals surface area contributed by atoms with E-state index in [9.17, 15) is 13.6 Å². The second kappa shape index (κ2) is 4.50. The normalized spacial score (nSPS) is 10.6. The van der Waals surface area contributed by atoms with Gasteiger partial charge in [0.25, 0.3) is 12.3 Å². The Morgan fingerprint density at radius 1 is 1.71 bits per heavy atom. The van der Waals surface area contributed by atoms with E-state index in [1.165, 1.54) is 13.1 Å². The molecule has 1 heterocycles. The average Bonchev–Trinajstić information content (AvgIpc) is 2.49. The third kappa shape index (κ3) is 2.77. The molecular weight excluding hydrogens is 208 g/mol. The summed E-state index contributed by atoms with van der Waals surface area (Å²) in [4.78, 5) is 12.8. The van der Waals surface area contributed by atoms with E-state index in [0.29, 0.717) is 10.4 Å². The molecule has 76 valence electrons. The molecule has 0 bridgehead atoms. The lowest BCUT2D eigenvalue weighted by molar-refractivity contribution is 0.0624. The molecule has 2 nitrogen and oxygen atoms in total. The number of halogens is 2. The zero-order valence-electron chi connectivity index (χ0n) is 7.54. The minimum Gasteiger partial charge on any atom is -0.335 e. The lowest BCUT2D eigenvalue weighted by atomic mass is 10.3. The van der Waals surface area contributed by atoms with Gasteiger partial charge >= 0.3 is 0 Å². The Kier molecular flexibility index (Phi) is 3.57. The number of hydrogen-bond donors (Lipinski definition) is 0. The summed E-state index contributed by atoms with van der Waals surface area (Å²) in [7, 11) is 1.34. The van der Waals surface area contributed by atoms with Crippen molar-refractivity contribution in [3.8, 4) is 0 Å². The van der Waals surface area contributed by atoms with Crippen LogP contribution in [0, 0.1) is 6.92 Å². The van der Waals surface area contributed by atoms with Crippen LogP contribution < -0.4 is 0 Å². The van der Waals surface area contributed by atoms with Crippen molar-refractivity contribution < 1.29 is 13.6 Å². The highest BCUT2D eigenvalue weighted by molar-refractivity contribution is 7.12. The van der Waals surface area contributed by atoms with Crippen LogP contribution in [0.15, 0.2) is 11.4 Å². The van der Waals surface area contributed by atoms with Gasteiger partial charge in [-0.3, -0.25) is 4.79 Å². The largest absolute Gasteiger partial charge is 0.335 e. The molecule has 2 radical (unpaired) electrons. The Bertz CT molecular complexity index is 324. The van der Waals surface area contributed by atoms with E-state index < -0.39 is 18.9 Å². The summed E-state index contributed by atoms with van der Waals surface area (Å²) in [5.41, 5.74) is 0.476. The number of thiophene rings is 1. The maximum atomic E-state index is 12.0. The van der Waals surface area contributed by atoms with Crippen molar-refractivity contribution in [2.75, 3.05) is 13.6 Å². The zero-order chi connectivity index (χ0) is 10.7. The number of nitrogens with zero attached hydrogens (tertiary/aromatic N) is 1. The minimum atomic E-state index is -2.51. The van der Waals surface area contributed by atoms with Crippen LogP contribution >= 0.6 is 11.3 Å². The lowest BCUT2D eigenvalue weighted by Crippen LogP contribution is -2.30. The Morgan fingerprint density at radius 3 is 2.79 bits per heavy atom. The minimum absolute atomic E-state index is 0.380. The van der Waals surface area contributed by atoms with Gasteiger partial charge in [-0.05, 0) is 23.9 Å². The molecule has 0 saturated heterocycles. The van der Waals surface area contributed by atoms with Gasteiger partial charge in [-0.1, -0.05) is 0 Å². The van der Waals surface area contributed by atoms with Crippen LogP contribution in [0.25, 0.3) is 0 Å². The van der Waals surface area contributed by atoms with Gasteiger partial charge in [-0.2, -0.15) is 0 Å². The van der Waals surface area contributed by atoms with E-state index >= 15 is 0 Å². The fraction of sp³-hybridized carbons (Fsp3) is 0.333. The lowest BCUT2D eigenvalue weighted by Gasteiger charge is -2.14. The first-order valence-electron chi connectivity index (χ1n) is 3.88. The molecule has 0 aliphatic rings. The van der Waals surface area contributed by atoms with Crippen molar-refractivity contribution in [1.29, 1.82) is 0 Å². The predicted octanol–water partition coefficient (Wildman–Crippen LogP) is 2.14. The number of carbonyl (C=O) groups excluding carboxylic acids is 1. The first kappa shape index (κ1) is 11.1. The number of hydrogen-bond acceptors (Lipinski definition) is 2. The Labute approximate surface area is 85.1 Å². The molecule has 1 rings (SSSR count). The monoisotopic (exact) mass is 217 g/mol. The number of alkyl halides is 2. The van der Waals surface area contributed by atoms with Crippen LogP contribution in [0.1, 0.15) is 15.2 Å². The van der Waals surface area contributed by atoms with E-state index in [1.54, 1.807) is 5.38 Å². The number of carbonyl (C=O) groups is 1. The van der Waals surface area contributed by atoms with Gasteiger partial charge in [0.15, 0.2) is 0 Å².